The largest absolute Gasteiger partial charge is 0.393 e. The van der Waals surface area contributed by atoms with Crippen molar-refractivity contribution in [2.45, 2.75) is 32.3 Å². The van der Waals surface area contributed by atoms with E-state index in [0.717, 1.165) is 24.9 Å². The molecule has 1 fully saturated rings. The Hall–Kier alpha value is -1.62. The maximum Gasteiger partial charge on any atom is 0.274 e. The van der Waals surface area contributed by atoms with Gasteiger partial charge in [0.1, 0.15) is 0 Å². The predicted molar refractivity (Wildman–Crippen MR) is 69.7 cm³/mol. The van der Waals surface area contributed by atoms with Crippen LogP contribution in [0.15, 0.2) is 18.2 Å². The van der Waals surface area contributed by atoms with Crippen molar-refractivity contribution in [2.24, 2.45) is 5.92 Å². The quantitative estimate of drug-likeness (QED) is 0.636. The molecule has 2 unspecified atom stereocenters. The standard InChI is InChI=1S/C13H18N2O3/c1-9-5-6-11(7-12(9)15(17)18)14-8-10-3-2-4-13(10)16/h5-7,10,13-14,16H,2-4,8H2,1H3. The summed E-state index contributed by atoms with van der Waals surface area (Å²) in [5.74, 6) is 0.255. The first-order valence-electron chi connectivity index (χ1n) is 6.25. The normalized spacial score (nSPS) is 23.0. The molecule has 2 N–H and O–H groups in total. The molecule has 18 heavy (non-hydrogen) atoms. The molecule has 0 radical (unpaired) electrons. The highest BCUT2D eigenvalue weighted by Crippen LogP contribution is 2.27. The van der Waals surface area contributed by atoms with Gasteiger partial charge in [0.2, 0.25) is 0 Å². The van der Waals surface area contributed by atoms with Crippen molar-refractivity contribution in [2.75, 3.05) is 11.9 Å². The molecule has 2 atom stereocenters. The molecule has 0 aliphatic heterocycles. The number of aliphatic hydroxyl groups excluding tert-OH is 1. The molecule has 0 saturated heterocycles. The summed E-state index contributed by atoms with van der Waals surface area (Å²) in [6.07, 6.45) is 2.70. The maximum atomic E-state index is 10.8. The molecule has 1 aliphatic rings. The molecular formula is C13H18N2O3. The zero-order valence-corrected chi connectivity index (χ0v) is 10.4. The Morgan fingerprint density at radius 2 is 2.28 bits per heavy atom. The molecule has 98 valence electrons. The molecule has 1 aromatic rings. The number of rotatable bonds is 4. The molecule has 5 heteroatoms. The van der Waals surface area contributed by atoms with Gasteiger partial charge in [-0.15, -0.1) is 0 Å². The van der Waals surface area contributed by atoms with E-state index in [2.05, 4.69) is 5.32 Å². The van der Waals surface area contributed by atoms with Crippen LogP contribution in [0.4, 0.5) is 11.4 Å². The number of nitrogens with one attached hydrogen (secondary N) is 1. The highest BCUT2D eigenvalue weighted by atomic mass is 16.6. The van der Waals surface area contributed by atoms with Crippen LogP contribution in [-0.4, -0.2) is 22.7 Å². The summed E-state index contributed by atoms with van der Waals surface area (Å²) in [5.41, 5.74) is 1.53. The number of nitro benzene ring substituents is 1. The number of hydrogen-bond donors (Lipinski definition) is 2. The van der Waals surface area contributed by atoms with Gasteiger partial charge in [-0.2, -0.15) is 0 Å². The topological polar surface area (TPSA) is 75.4 Å². The van der Waals surface area contributed by atoms with E-state index in [1.807, 2.05) is 6.07 Å². The van der Waals surface area contributed by atoms with Gasteiger partial charge < -0.3 is 10.4 Å². The van der Waals surface area contributed by atoms with Gasteiger partial charge >= 0.3 is 0 Å². The minimum Gasteiger partial charge on any atom is -0.393 e. The van der Waals surface area contributed by atoms with E-state index in [-0.39, 0.29) is 22.6 Å². The minimum absolute atomic E-state index is 0.131. The molecule has 1 aromatic carbocycles. The number of benzene rings is 1. The van der Waals surface area contributed by atoms with E-state index in [9.17, 15) is 15.2 Å². The Balaban J connectivity index is 2.01. The van der Waals surface area contributed by atoms with E-state index in [1.54, 1.807) is 19.1 Å². The Labute approximate surface area is 106 Å². The van der Waals surface area contributed by atoms with Crippen molar-refractivity contribution in [1.29, 1.82) is 0 Å². The number of nitro groups is 1. The Kier molecular flexibility index (Phi) is 3.81. The molecule has 0 bridgehead atoms. The summed E-state index contributed by atoms with van der Waals surface area (Å²) >= 11 is 0. The van der Waals surface area contributed by atoms with Crippen LogP contribution in [0.1, 0.15) is 24.8 Å². The van der Waals surface area contributed by atoms with Crippen LogP contribution in [-0.2, 0) is 0 Å². The first kappa shape index (κ1) is 12.8. The first-order chi connectivity index (χ1) is 8.58. The summed E-state index contributed by atoms with van der Waals surface area (Å²) in [7, 11) is 0. The number of nitrogens with zero attached hydrogens (tertiary/aromatic N) is 1. The second kappa shape index (κ2) is 5.35. The molecule has 0 amide bonds. The van der Waals surface area contributed by atoms with Gasteiger partial charge in [-0.05, 0) is 25.8 Å². The summed E-state index contributed by atoms with van der Waals surface area (Å²) in [6.45, 7) is 2.39. The van der Waals surface area contributed by atoms with Gasteiger partial charge in [-0.1, -0.05) is 12.5 Å². The minimum atomic E-state index is -0.370. The summed E-state index contributed by atoms with van der Waals surface area (Å²) in [4.78, 5) is 10.5. The van der Waals surface area contributed by atoms with Gasteiger partial charge in [-0.3, -0.25) is 10.1 Å². The lowest BCUT2D eigenvalue weighted by molar-refractivity contribution is -0.385. The van der Waals surface area contributed by atoms with E-state index in [4.69, 9.17) is 0 Å². The van der Waals surface area contributed by atoms with Crippen molar-refractivity contribution >= 4 is 11.4 Å². The fourth-order valence-electron chi connectivity index (χ4n) is 2.42. The highest BCUT2D eigenvalue weighted by Gasteiger charge is 2.24. The first-order valence-corrected chi connectivity index (χ1v) is 6.25. The van der Waals surface area contributed by atoms with Crippen LogP contribution in [0.5, 0.6) is 0 Å². The second-order valence-electron chi connectivity index (χ2n) is 4.90. The summed E-state index contributed by atoms with van der Waals surface area (Å²) in [5, 5.41) is 23.7. The zero-order chi connectivity index (χ0) is 13.1. The van der Waals surface area contributed by atoms with Crippen molar-refractivity contribution in [1.82, 2.24) is 0 Å². The van der Waals surface area contributed by atoms with Crippen LogP contribution < -0.4 is 5.32 Å². The number of aliphatic hydroxyl groups is 1. The SMILES string of the molecule is Cc1ccc(NCC2CCCC2O)cc1[N+](=O)[O-]. The third-order valence-corrected chi connectivity index (χ3v) is 3.59. The van der Waals surface area contributed by atoms with Crippen LogP contribution in [0, 0.1) is 23.0 Å². The Morgan fingerprint density at radius 3 is 2.89 bits per heavy atom. The zero-order valence-electron chi connectivity index (χ0n) is 10.4. The molecule has 1 saturated carbocycles. The Morgan fingerprint density at radius 1 is 1.50 bits per heavy atom. The smallest absolute Gasteiger partial charge is 0.274 e. The third kappa shape index (κ3) is 2.79. The lowest BCUT2D eigenvalue weighted by Crippen LogP contribution is -2.21. The van der Waals surface area contributed by atoms with E-state index in [0.29, 0.717) is 12.1 Å². The van der Waals surface area contributed by atoms with Crippen molar-refractivity contribution in [3.8, 4) is 0 Å². The van der Waals surface area contributed by atoms with E-state index >= 15 is 0 Å². The fraction of sp³-hybridized carbons (Fsp3) is 0.538. The third-order valence-electron chi connectivity index (χ3n) is 3.59. The van der Waals surface area contributed by atoms with Crippen molar-refractivity contribution < 1.29 is 10.0 Å². The highest BCUT2D eigenvalue weighted by molar-refractivity contribution is 5.54. The molecule has 0 spiro atoms. The molecule has 0 heterocycles. The fourth-order valence-corrected chi connectivity index (χ4v) is 2.42. The molecule has 5 nitrogen and oxygen atoms in total. The number of aryl methyl sites for hydroxylation is 1. The van der Waals surface area contributed by atoms with Gasteiger partial charge in [0.25, 0.3) is 5.69 Å². The molecule has 1 aliphatic carbocycles. The lowest BCUT2D eigenvalue weighted by Gasteiger charge is -2.16. The second-order valence-corrected chi connectivity index (χ2v) is 4.90. The summed E-state index contributed by atoms with van der Waals surface area (Å²) in [6, 6.07) is 5.13. The number of anilines is 1. The monoisotopic (exact) mass is 250 g/mol. The van der Waals surface area contributed by atoms with Crippen LogP contribution in [0.25, 0.3) is 0 Å². The Bertz CT molecular complexity index is 448. The van der Waals surface area contributed by atoms with Crippen LogP contribution in [0.2, 0.25) is 0 Å². The molecular weight excluding hydrogens is 232 g/mol. The number of hydrogen-bond acceptors (Lipinski definition) is 4. The summed E-state index contributed by atoms with van der Waals surface area (Å²) < 4.78 is 0. The van der Waals surface area contributed by atoms with Gasteiger partial charge in [0, 0.05) is 29.8 Å². The molecule has 2 rings (SSSR count). The molecule has 0 aromatic heterocycles. The van der Waals surface area contributed by atoms with Gasteiger partial charge in [-0.25, -0.2) is 0 Å². The van der Waals surface area contributed by atoms with Crippen LogP contribution >= 0.6 is 0 Å². The average Bonchev–Trinajstić information content (AvgIpc) is 2.73. The predicted octanol–water partition coefficient (Wildman–Crippen LogP) is 2.48. The maximum absolute atomic E-state index is 10.8. The van der Waals surface area contributed by atoms with E-state index < -0.39 is 0 Å². The average molecular weight is 250 g/mol. The van der Waals surface area contributed by atoms with Crippen LogP contribution in [0.3, 0.4) is 0 Å². The van der Waals surface area contributed by atoms with Crippen molar-refractivity contribution in [3.05, 3.63) is 33.9 Å². The van der Waals surface area contributed by atoms with Gasteiger partial charge in [0.15, 0.2) is 0 Å². The van der Waals surface area contributed by atoms with Crippen molar-refractivity contribution in [3.63, 3.8) is 0 Å². The van der Waals surface area contributed by atoms with E-state index in [1.165, 1.54) is 0 Å². The van der Waals surface area contributed by atoms with Gasteiger partial charge in [0.05, 0.1) is 11.0 Å². The lowest BCUT2D eigenvalue weighted by atomic mass is 10.1.